The number of pyridine rings is 1. The maximum atomic E-state index is 12.8. The molecule has 0 spiro atoms. The summed E-state index contributed by atoms with van der Waals surface area (Å²) in [5.41, 5.74) is 2.35. The van der Waals surface area contributed by atoms with Gasteiger partial charge in [0.2, 0.25) is 12.3 Å². The summed E-state index contributed by atoms with van der Waals surface area (Å²) >= 11 is 0. The highest BCUT2D eigenvalue weighted by molar-refractivity contribution is 5.98. The van der Waals surface area contributed by atoms with Crippen molar-refractivity contribution in [1.82, 2.24) is 20.5 Å². The van der Waals surface area contributed by atoms with E-state index in [1.165, 1.54) is 26.4 Å². The highest BCUT2D eigenvalue weighted by Crippen LogP contribution is 2.26. The molecule has 5 amide bonds. The van der Waals surface area contributed by atoms with Crippen LogP contribution in [0.3, 0.4) is 0 Å². The van der Waals surface area contributed by atoms with Crippen molar-refractivity contribution in [3.63, 3.8) is 0 Å². The molecule has 1 aliphatic rings. The topological polar surface area (TPSA) is 130 Å². The third kappa shape index (κ3) is 5.60. The molecule has 2 aromatic rings. The van der Waals surface area contributed by atoms with Crippen molar-refractivity contribution in [3.05, 3.63) is 53.3 Å². The van der Waals surface area contributed by atoms with Crippen molar-refractivity contribution in [2.45, 2.75) is 19.5 Å². The summed E-state index contributed by atoms with van der Waals surface area (Å²) in [4.78, 5) is 52.1. The fourth-order valence-corrected chi connectivity index (χ4v) is 3.17. The Balaban J connectivity index is 1.79. The molecule has 1 aliphatic heterocycles. The van der Waals surface area contributed by atoms with E-state index >= 15 is 0 Å². The van der Waals surface area contributed by atoms with Gasteiger partial charge in [-0.05, 0) is 23.8 Å². The van der Waals surface area contributed by atoms with Crippen LogP contribution >= 0.6 is 0 Å². The van der Waals surface area contributed by atoms with Crippen molar-refractivity contribution in [3.8, 4) is 17.6 Å². The lowest BCUT2D eigenvalue weighted by atomic mass is 10.1. The van der Waals surface area contributed by atoms with Gasteiger partial charge >= 0.3 is 6.03 Å². The molecule has 1 aromatic carbocycles. The molecule has 0 saturated heterocycles. The van der Waals surface area contributed by atoms with Crippen LogP contribution in [0.5, 0.6) is 5.75 Å². The minimum Gasteiger partial charge on any atom is -0.497 e. The summed E-state index contributed by atoms with van der Waals surface area (Å²) < 4.78 is 5.18. The zero-order chi connectivity index (χ0) is 23.1. The van der Waals surface area contributed by atoms with Crippen LogP contribution in [0.4, 0.5) is 10.5 Å². The standard InChI is InChI=1S/C22H21N5O5/c1-14(29)25-18-7-15(9-23-10-18)3-5-17(26-22(31)24-13-28)12-27-11-16-4-6-19(32-2)8-20(16)21(27)30/h4,6-10,13,17H,11-12H2,1-2H3,(H,25,29)(H2,24,26,28,31)/t17-/m1/s1. The first-order chi connectivity index (χ1) is 15.4. The average Bonchev–Trinajstić information content (AvgIpc) is 3.06. The number of aromatic nitrogens is 1. The van der Waals surface area contributed by atoms with Gasteiger partial charge in [0.05, 0.1) is 25.5 Å². The maximum Gasteiger partial charge on any atom is 0.322 e. The second-order valence-corrected chi connectivity index (χ2v) is 6.91. The SMILES string of the molecule is COc1ccc2c(c1)C(=O)N(C[C@@H](C#Cc1cncc(NC(C)=O)c1)NC(=O)NC=O)C2. The van der Waals surface area contributed by atoms with Crippen LogP contribution in [0.25, 0.3) is 0 Å². The summed E-state index contributed by atoms with van der Waals surface area (Å²) in [5, 5.41) is 7.18. The number of rotatable bonds is 6. The zero-order valence-electron chi connectivity index (χ0n) is 17.5. The van der Waals surface area contributed by atoms with Crippen molar-refractivity contribution < 1.29 is 23.9 Å². The number of amides is 5. The third-order valence-electron chi connectivity index (χ3n) is 4.54. The smallest absolute Gasteiger partial charge is 0.322 e. The van der Waals surface area contributed by atoms with E-state index in [0.29, 0.717) is 29.1 Å². The zero-order valence-corrected chi connectivity index (χ0v) is 17.5. The van der Waals surface area contributed by atoms with Gasteiger partial charge in [-0.2, -0.15) is 0 Å². The number of nitrogens with one attached hydrogen (secondary N) is 3. The van der Waals surface area contributed by atoms with Gasteiger partial charge in [0.15, 0.2) is 0 Å². The van der Waals surface area contributed by atoms with E-state index in [-0.39, 0.29) is 24.8 Å². The fraction of sp³-hybridized carbons (Fsp3) is 0.227. The molecule has 1 atom stereocenters. The molecule has 1 aromatic heterocycles. The van der Waals surface area contributed by atoms with Crippen LogP contribution < -0.4 is 20.7 Å². The van der Waals surface area contributed by atoms with Gasteiger partial charge in [-0.15, -0.1) is 0 Å². The molecule has 0 radical (unpaired) electrons. The van der Waals surface area contributed by atoms with Gasteiger partial charge in [-0.25, -0.2) is 4.79 Å². The van der Waals surface area contributed by atoms with Gasteiger partial charge in [0.1, 0.15) is 11.8 Å². The Bertz CT molecular complexity index is 1120. The van der Waals surface area contributed by atoms with E-state index in [2.05, 4.69) is 27.5 Å². The van der Waals surface area contributed by atoms with Crippen LogP contribution in [0.15, 0.2) is 36.7 Å². The molecule has 10 nitrogen and oxygen atoms in total. The first kappa shape index (κ1) is 22.3. The second kappa shape index (κ2) is 10.1. The summed E-state index contributed by atoms with van der Waals surface area (Å²) in [7, 11) is 1.52. The van der Waals surface area contributed by atoms with E-state index in [0.717, 1.165) is 5.56 Å². The molecule has 0 aliphatic carbocycles. The first-order valence-corrected chi connectivity index (χ1v) is 9.60. The minimum atomic E-state index is -0.778. The molecular weight excluding hydrogens is 414 g/mol. The first-order valence-electron chi connectivity index (χ1n) is 9.60. The van der Waals surface area contributed by atoms with E-state index in [9.17, 15) is 19.2 Å². The number of carbonyl (C=O) groups excluding carboxylic acids is 4. The summed E-state index contributed by atoms with van der Waals surface area (Å²) in [6, 6.07) is 5.38. The van der Waals surface area contributed by atoms with Crippen molar-refractivity contribution >= 4 is 29.9 Å². The molecule has 3 rings (SSSR count). The predicted molar refractivity (Wildman–Crippen MR) is 115 cm³/mol. The predicted octanol–water partition coefficient (Wildman–Crippen LogP) is 0.880. The molecule has 2 heterocycles. The molecule has 0 saturated carbocycles. The Morgan fingerprint density at radius 2 is 2.12 bits per heavy atom. The van der Waals surface area contributed by atoms with Crippen LogP contribution in [-0.4, -0.2) is 53.8 Å². The lowest BCUT2D eigenvalue weighted by Crippen LogP contribution is -2.46. The average molecular weight is 435 g/mol. The number of imide groups is 1. The normalized spacial score (nSPS) is 12.7. The molecule has 0 fully saturated rings. The molecule has 3 N–H and O–H groups in total. The number of anilines is 1. The molecule has 10 heteroatoms. The van der Waals surface area contributed by atoms with Gasteiger partial charge in [-0.1, -0.05) is 17.9 Å². The lowest BCUT2D eigenvalue weighted by molar-refractivity contribution is -0.114. The number of fused-ring (bicyclic) bond motifs is 1. The number of methoxy groups -OCH3 is 1. The van der Waals surface area contributed by atoms with Crippen molar-refractivity contribution in [1.29, 1.82) is 0 Å². The number of carbonyl (C=O) groups is 4. The van der Waals surface area contributed by atoms with E-state index in [1.807, 2.05) is 11.4 Å². The van der Waals surface area contributed by atoms with Gasteiger partial charge in [0, 0.05) is 30.8 Å². The molecule has 0 unspecified atom stereocenters. The Labute approximate surface area is 184 Å². The number of nitrogens with zero attached hydrogens (tertiary/aromatic N) is 2. The Kier molecular flexibility index (Phi) is 7.02. The van der Waals surface area contributed by atoms with Gasteiger partial charge in [0.25, 0.3) is 5.91 Å². The Morgan fingerprint density at radius 1 is 1.31 bits per heavy atom. The monoisotopic (exact) mass is 435 g/mol. The maximum absolute atomic E-state index is 12.8. The molecule has 0 bridgehead atoms. The molecular formula is C22H21N5O5. The number of benzene rings is 1. The van der Waals surface area contributed by atoms with Crippen molar-refractivity contribution in [2.24, 2.45) is 0 Å². The highest BCUT2D eigenvalue weighted by atomic mass is 16.5. The third-order valence-corrected chi connectivity index (χ3v) is 4.54. The highest BCUT2D eigenvalue weighted by Gasteiger charge is 2.29. The molecule has 32 heavy (non-hydrogen) atoms. The second-order valence-electron chi connectivity index (χ2n) is 6.91. The lowest BCUT2D eigenvalue weighted by Gasteiger charge is -2.21. The number of ether oxygens (including phenoxy) is 1. The van der Waals surface area contributed by atoms with Crippen LogP contribution in [0, 0.1) is 11.8 Å². The largest absolute Gasteiger partial charge is 0.497 e. The van der Waals surface area contributed by atoms with Crippen LogP contribution in [-0.2, 0) is 16.1 Å². The molecule has 164 valence electrons. The Hall–Kier alpha value is -4.39. The number of hydrogen-bond acceptors (Lipinski definition) is 6. The summed E-state index contributed by atoms with van der Waals surface area (Å²) in [5.74, 6) is 5.89. The van der Waals surface area contributed by atoms with E-state index in [4.69, 9.17) is 4.74 Å². The van der Waals surface area contributed by atoms with Crippen LogP contribution in [0.2, 0.25) is 0 Å². The number of hydrogen-bond donors (Lipinski definition) is 3. The van der Waals surface area contributed by atoms with Gasteiger partial charge < -0.3 is 20.3 Å². The summed E-state index contributed by atoms with van der Waals surface area (Å²) in [6.45, 7) is 1.82. The van der Waals surface area contributed by atoms with E-state index in [1.54, 1.807) is 23.1 Å². The summed E-state index contributed by atoms with van der Waals surface area (Å²) in [6.07, 6.45) is 3.24. The minimum absolute atomic E-state index is 0.0912. The van der Waals surface area contributed by atoms with E-state index < -0.39 is 12.1 Å². The fourth-order valence-electron chi connectivity index (χ4n) is 3.17. The Morgan fingerprint density at radius 3 is 2.84 bits per heavy atom. The van der Waals surface area contributed by atoms with Crippen LogP contribution in [0.1, 0.15) is 28.4 Å². The quantitative estimate of drug-likeness (QED) is 0.456. The number of urea groups is 1. The van der Waals surface area contributed by atoms with Crippen molar-refractivity contribution in [2.75, 3.05) is 19.0 Å². The van der Waals surface area contributed by atoms with Gasteiger partial charge in [-0.3, -0.25) is 24.7 Å².